The Balaban J connectivity index is 0.00000106. The quantitative estimate of drug-likeness (QED) is 0.769. The Kier molecular flexibility index (Phi) is 5.31. The number of halogens is 5. The van der Waals surface area contributed by atoms with Gasteiger partial charge in [0.2, 0.25) is 0 Å². The van der Waals surface area contributed by atoms with Gasteiger partial charge in [0.25, 0.3) is 0 Å². The Bertz CT molecular complexity index is 614. The second-order valence-corrected chi connectivity index (χ2v) is 4.61. The van der Waals surface area contributed by atoms with Gasteiger partial charge in [-0.2, -0.15) is 13.2 Å². The van der Waals surface area contributed by atoms with Crippen LogP contribution in [0.15, 0.2) is 6.07 Å². The summed E-state index contributed by atoms with van der Waals surface area (Å²) in [6.45, 7) is 7.19. The first kappa shape index (κ1) is 17.4. The van der Waals surface area contributed by atoms with Gasteiger partial charge in [-0.1, -0.05) is 27.7 Å². The Hall–Kier alpha value is -1.66. The fourth-order valence-corrected chi connectivity index (χ4v) is 1.95. The van der Waals surface area contributed by atoms with Gasteiger partial charge in [-0.05, 0) is 5.92 Å². The van der Waals surface area contributed by atoms with E-state index in [-0.39, 0.29) is 16.6 Å². The number of benzene rings is 1. The molecule has 21 heavy (non-hydrogen) atoms. The summed E-state index contributed by atoms with van der Waals surface area (Å²) in [4.78, 5) is 5.85. The summed E-state index contributed by atoms with van der Waals surface area (Å²) in [5.74, 6) is -2.55. The third-order valence-corrected chi connectivity index (χ3v) is 2.70. The lowest BCUT2D eigenvalue weighted by Gasteiger charge is -2.08. The van der Waals surface area contributed by atoms with Crippen LogP contribution in [0.2, 0.25) is 0 Å². The molecule has 0 aliphatic carbocycles. The van der Waals surface area contributed by atoms with Gasteiger partial charge in [0, 0.05) is 11.6 Å². The molecule has 0 radical (unpaired) electrons. The fraction of sp³-hybridized carbons (Fsp3) is 0.500. The molecule has 0 unspecified atom stereocenters. The lowest BCUT2D eigenvalue weighted by atomic mass is 10.0. The number of H-pyrrole nitrogens is 1. The molecule has 0 aliphatic rings. The zero-order valence-corrected chi connectivity index (χ0v) is 12.2. The normalized spacial score (nSPS) is 11.7. The van der Waals surface area contributed by atoms with Crippen molar-refractivity contribution in [1.29, 1.82) is 0 Å². The minimum Gasteiger partial charge on any atom is -0.342 e. The number of imidazole rings is 1. The van der Waals surface area contributed by atoms with Crippen molar-refractivity contribution in [2.45, 2.75) is 46.2 Å². The number of hydrogen-bond donors (Lipinski definition) is 1. The van der Waals surface area contributed by atoms with Gasteiger partial charge in [-0.25, -0.2) is 13.8 Å². The van der Waals surface area contributed by atoms with Gasteiger partial charge in [0.05, 0.1) is 5.52 Å². The molecule has 0 amide bonds. The highest BCUT2D eigenvalue weighted by molar-refractivity contribution is 5.77. The van der Waals surface area contributed by atoms with Crippen LogP contribution in [0.1, 0.15) is 45.0 Å². The highest BCUT2D eigenvalue weighted by atomic mass is 19.4. The van der Waals surface area contributed by atoms with Crippen molar-refractivity contribution in [2.24, 2.45) is 0 Å². The molecule has 1 aromatic carbocycles. The molecule has 1 aromatic heterocycles. The average Bonchev–Trinajstić information content (AvgIpc) is 2.71. The van der Waals surface area contributed by atoms with Crippen LogP contribution >= 0.6 is 0 Å². The first-order valence-corrected chi connectivity index (χ1v) is 6.62. The number of aromatic nitrogens is 2. The van der Waals surface area contributed by atoms with Crippen molar-refractivity contribution in [3.8, 4) is 0 Å². The molecule has 0 saturated heterocycles. The molecule has 0 fully saturated rings. The maximum atomic E-state index is 14.0. The van der Waals surface area contributed by atoms with Crippen molar-refractivity contribution in [2.75, 3.05) is 0 Å². The molecule has 118 valence electrons. The summed E-state index contributed by atoms with van der Waals surface area (Å²) in [6.07, 6.45) is -5.76. The van der Waals surface area contributed by atoms with E-state index in [2.05, 4.69) is 9.97 Å². The van der Waals surface area contributed by atoms with Crippen LogP contribution in [-0.2, 0) is 6.42 Å². The van der Waals surface area contributed by atoms with Crippen LogP contribution in [0.25, 0.3) is 11.0 Å². The summed E-state index contributed by atoms with van der Waals surface area (Å²) < 4.78 is 64.4. The van der Waals surface area contributed by atoms with Crippen LogP contribution in [0.4, 0.5) is 22.0 Å². The third-order valence-electron chi connectivity index (χ3n) is 2.70. The summed E-state index contributed by atoms with van der Waals surface area (Å²) >= 11 is 0. The second kappa shape index (κ2) is 6.41. The predicted octanol–water partition coefficient (Wildman–Crippen LogP) is 5.10. The number of fused-ring (bicyclic) bond motifs is 1. The van der Waals surface area contributed by atoms with Crippen LogP contribution < -0.4 is 0 Å². The van der Waals surface area contributed by atoms with Crippen molar-refractivity contribution < 1.29 is 22.0 Å². The lowest BCUT2D eigenvalue weighted by Crippen LogP contribution is -2.12. The monoisotopic (exact) mass is 308 g/mol. The van der Waals surface area contributed by atoms with Crippen LogP contribution in [0.3, 0.4) is 0 Å². The zero-order chi connectivity index (χ0) is 16.4. The molecule has 0 saturated carbocycles. The Morgan fingerprint density at radius 3 is 2.24 bits per heavy atom. The highest BCUT2D eigenvalue weighted by Gasteiger charge is 2.30. The summed E-state index contributed by atoms with van der Waals surface area (Å²) in [5, 5.41) is 0. The van der Waals surface area contributed by atoms with E-state index in [4.69, 9.17) is 0 Å². The summed E-state index contributed by atoms with van der Waals surface area (Å²) in [7, 11) is 0. The van der Waals surface area contributed by atoms with Gasteiger partial charge in [-0.3, -0.25) is 0 Å². The van der Waals surface area contributed by atoms with Crippen molar-refractivity contribution in [3.05, 3.63) is 29.1 Å². The molecule has 0 atom stereocenters. The molecule has 2 rings (SSSR count). The molecular formula is C14H17F5N2. The van der Waals surface area contributed by atoms with E-state index in [1.807, 2.05) is 13.8 Å². The van der Waals surface area contributed by atoms with E-state index in [0.29, 0.717) is 0 Å². The van der Waals surface area contributed by atoms with Crippen LogP contribution in [-0.4, -0.2) is 16.1 Å². The van der Waals surface area contributed by atoms with Crippen molar-refractivity contribution in [3.63, 3.8) is 0 Å². The molecule has 2 aromatic rings. The van der Waals surface area contributed by atoms with Gasteiger partial charge < -0.3 is 4.98 Å². The van der Waals surface area contributed by atoms with E-state index in [1.165, 1.54) is 0 Å². The van der Waals surface area contributed by atoms with E-state index in [0.717, 1.165) is 6.07 Å². The smallest absolute Gasteiger partial charge is 0.342 e. The number of hydrogen-bond acceptors (Lipinski definition) is 1. The van der Waals surface area contributed by atoms with E-state index in [9.17, 15) is 22.0 Å². The minimum atomic E-state index is -4.45. The fourth-order valence-electron chi connectivity index (χ4n) is 1.95. The maximum absolute atomic E-state index is 14.0. The van der Waals surface area contributed by atoms with Gasteiger partial charge in [0.1, 0.15) is 23.6 Å². The molecule has 2 nitrogen and oxygen atoms in total. The molecule has 0 bridgehead atoms. The molecule has 0 aliphatic heterocycles. The predicted molar refractivity (Wildman–Crippen MR) is 71.2 cm³/mol. The Morgan fingerprint density at radius 2 is 1.76 bits per heavy atom. The topological polar surface area (TPSA) is 28.7 Å². The van der Waals surface area contributed by atoms with E-state index >= 15 is 0 Å². The number of rotatable bonds is 2. The van der Waals surface area contributed by atoms with Crippen molar-refractivity contribution >= 4 is 11.0 Å². The average molecular weight is 308 g/mol. The summed E-state index contributed by atoms with van der Waals surface area (Å²) in [5.41, 5.74) is -0.499. The first-order valence-electron chi connectivity index (χ1n) is 6.62. The maximum Gasteiger partial charge on any atom is 0.396 e. The largest absolute Gasteiger partial charge is 0.396 e. The number of nitrogens with one attached hydrogen (secondary N) is 1. The number of aromatic amines is 1. The zero-order valence-electron chi connectivity index (χ0n) is 12.2. The lowest BCUT2D eigenvalue weighted by molar-refractivity contribution is -0.128. The second-order valence-electron chi connectivity index (χ2n) is 4.61. The molecule has 0 spiro atoms. The molecule has 7 heteroatoms. The Labute approximate surface area is 119 Å². The first-order chi connectivity index (χ1) is 9.69. The van der Waals surface area contributed by atoms with Gasteiger partial charge >= 0.3 is 6.18 Å². The van der Waals surface area contributed by atoms with Crippen molar-refractivity contribution in [1.82, 2.24) is 9.97 Å². The number of alkyl halides is 3. The molecule has 1 N–H and O–H groups in total. The van der Waals surface area contributed by atoms with E-state index in [1.54, 1.807) is 13.8 Å². The third kappa shape index (κ3) is 3.92. The SMILES string of the molecule is CC.CC(C)c1c(F)cc2[nH]c(CC(F)(F)F)nc2c1F. The van der Waals surface area contributed by atoms with Crippen LogP contribution in [0.5, 0.6) is 0 Å². The number of nitrogens with zero attached hydrogens (tertiary/aromatic N) is 1. The Morgan fingerprint density at radius 1 is 1.19 bits per heavy atom. The highest BCUT2D eigenvalue weighted by Crippen LogP contribution is 2.29. The molecule has 1 heterocycles. The van der Waals surface area contributed by atoms with E-state index < -0.39 is 36.0 Å². The van der Waals surface area contributed by atoms with Gasteiger partial charge in [-0.15, -0.1) is 0 Å². The van der Waals surface area contributed by atoms with Crippen LogP contribution in [0, 0.1) is 11.6 Å². The standard InChI is InChI=1S/C12H11F5N2.C2H6/c1-5(2)9-6(13)3-7-11(10(9)14)19-8(18-7)4-12(15,16)17;1-2/h3,5H,4H2,1-2H3,(H,18,19);1-2H3. The molecular weight excluding hydrogens is 291 g/mol. The minimum absolute atomic E-state index is 0.0707. The van der Waals surface area contributed by atoms with Gasteiger partial charge in [0.15, 0.2) is 5.82 Å². The summed E-state index contributed by atoms with van der Waals surface area (Å²) in [6, 6.07) is 0.973.